The zero-order valence-corrected chi connectivity index (χ0v) is 8.47. The van der Waals surface area contributed by atoms with Crippen molar-refractivity contribution in [3.63, 3.8) is 0 Å². The van der Waals surface area contributed by atoms with Gasteiger partial charge in [-0.05, 0) is 42.9 Å². The largest absolute Gasteiger partial charge is 0.326 e. The molecule has 1 aromatic heterocycles. The van der Waals surface area contributed by atoms with Gasteiger partial charge in [0, 0.05) is 12.6 Å². The average Bonchev–Trinajstić information content (AvgIpc) is 2.37. The first-order chi connectivity index (χ1) is 5.68. The van der Waals surface area contributed by atoms with Crippen molar-refractivity contribution in [2.24, 2.45) is 5.73 Å². The van der Waals surface area contributed by atoms with Crippen LogP contribution in [0.1, 0.15) is 5.56 Å². The third-order valence-corrected chi connectivity index (χ3v) is 2.41. The lowest BCUT2D eigenvalue weighted by Gasteiger charge is -2.15. The van der Waals surface area contributed by atoms with E-state index in [4.69, 9.17) is 5.73 Å². The molecule has 0 amide bonds. The summed E-state index contributed by atoms with van der Waals surface area (Å²) in [5, 5.41) is 4.26. The monoisotopic (exact) mass is 184 g/mol. The van der Waals surface area contributed by atoms with Crippen LogP contribution in [-0.4, -0.2) is 31.6 Å². The molecule has 0 fully saturated rings. The van der Waals surface area contributed by atoms with Crippen LogP contribution in [0.2, 0.25) is 0 Å². The van der Waals surface area contributed by atoms with E-state index in [0.717, 1.165) is 13.0 Å². The molecule has 1 heterocycles. The maximum absolute atomic E-state index is 5.93. The first-order valence-corrected chi connectivity index (χ1v) is 5.04. The first-order valence-electron chi connectivity index (χ1n) is 4.10. The van der Waals surface area contributed by atoms with Crippen LogP contribution in [0.5, 0.6) is 0 Å². The summed E-state index contributed by atoms with van der Waals surface area (Å²) in [4.78, 5) is 2.12. The molecule has 1 unspecified atom stereocenters. The molecule has 0 radical (unpaired) electrons. The summed E-state index contributed by atoms with van der Waals surface area (Å²) in [6.07, 6.45) is 0.988. The van der Waals surface area contributed by atoms with Gasteiger partial charge in [-0.15, -0.1) is 0 Å². The van der Waals surface area contributed by atoms with E-state index in [1.807, 2.05) is 14.1 Å². The van der Waals surface area contributed by atoms with E-state index in [9.17, 15) is 0 Å². The highest BCUT2D eigenvalue weighted by molar-refractivity contribution is 7.07. The molecule has 2 N–H and O–H groups in total. The van der Waals surface area contributed by atoms with E-state index in [0.29, 0.717) is 0 Å². The SMILES string of the molecule is CN(C)CC(N)Cc1ccsc1. The third kappa shape index (κ3) is 3.34. The van der Waals surface area contributed by atoms with Crippen LogP contribution in [0.4, 0.5) is 0 Å². The maximum Gasteiger partial charge on any atom is 0.0208 e. The van der Waals surface area contributed by atoms with E-state index in [1.54, 1.807) is 11.3 Å². The third-order valence-electron chi connectivity index (χ3n) is 1.68. The number of hydrogen-bond donors (Lipinski definition) is 1. The van der Waals surface area contributed by atoms with Crippen molar-refractivity contribution in [3.8, 4) is 0 Å². The van der Waals surface area contributed by atoms with Crippen LogP contribution < -0.4 is 5.73 Å². The summed E-state index contributed by atoms with van der Waals surface area (Å²) in [6.45, 7) is 0.954. The van der Waals surface area contributed by atoms with Crippen LogP contribution in [0.15, 0.2) is 16.8 Å². The molecule has 2 nitrogen and oxygen atoms in total. The molecule has 12 heavy (non-hydrogen) atoms. The Hall–Kier alpha value is -0.380. The van der Waals surface area contributed by atoms with Crippen molar-refractivity contribution >= 4 is 11.3 Å². The van der Waals surface area contributed by atoms with Gasteiger partial charge in [0.15, 0.2) is 0 Å². The minimum absolute atomic E-state index is 0.259. The summed E-state index contributed by atoms with van der Waals surface area (Å²) in [5.74, 6) is 0. The van der Waals surface area contributed by atoms with Gasteiger partial charge in [0.05, 0.1) is 0 Å². The van der Waals surface area contributed by atoms with Gasteiger partial charge < -0.3 is 10.6 Å². The minimum atomic E-state index is 0.259. The molecule has 0 aliphatic rings. The number of nitrogens with zero attached hydrogens (tertiary/aromatic N) is 1. The first kappa shape index (κ1) is 9.71. The van der Waals surface area contributed by atoms with Gasteiger partial charge in [0.2, 0.25) is 0 Å². The average molecular weight is 184 g/mol. The van der Waals surface area contributed by atoms with Gasteiger partial charge >= 0.3 is 0 Å². The molecule has 1 atom stereocenters. The second-order valence-electron chi connectivity index (χ2n) is 3.36. The number of likely N-dealkylation sites (N-methyl/N-ethyl adjacent to an activating group) is 1. The number of thiophene rings is 1. The summed E-state index contributed by atoms with van der Waals surface area (Å²) >= 11 is 1.73. The lowest BCUT2D eigenvalue weighted by Crippen LogP contribution is -2.34. The lowest BCUT2D eigenvalue weighted by atomic mass is 10.1. The predicted molar refractivity (Wildman–Crippen MR) is 54.6 cm³/mol. The molecule has 3 heteroatoms. The molecule has 0 aliphatic heterocycles. The molecule has 0 aliphatic carbocycles. The summed E-state index contributed by atoms with van der Waals surface area (Å²) in [5.41, 5.74) is 7.28. The summed E-state index contributed by atoms with van der Waals surface area (Å²) in [7, 11) is 4.10. The molecule has 0 bridgehead atoms. The van der Waals surface area contributed by atoms with Gasteiger partial charge in [-0.1, -0.05) is 0 Å². The van der Waals surface area contributed by atoms with E-state index in [-0.39, 0.29) is 6.04 Å². The van der Waals surface area contributed by atoms with Crippen LogP contribution in [0.25, 0.3) is 0 Å². The fourth-order valence-corrected chi connectivity index (χ4v) is 1.93. The van der Waals surface area contributed by atoms with Crippen molar-refractivity contribution in [3.05, 3.63) is 22.4 Å². The molecular weight excluding hydrogens is 168 g/mol. The molecule has 0 spiro atoms. The van der Waals surface area contributed by atoms with Crippen LogP contribution >= 0.6 is 11.3 Å². The zero-order chi connectivity index (χ0) is 8.97. The van der Waals surface area contributed by atoms with Crippen molar-refractivity contribution in [2.45, 2.75) is 12.5 Å². The van der Waals surface area contributed by atoms with Crippen molar-refractivity contribution in [1.82, 2.24) is 4.90 Å². The Morgan fingerprint density at radius 3 is 2.83 bits per heavy atom. The molecule has 0 aromatic carbocycles. The minimum Gasteiger partial charge on any atom is -0.326 e. The fraction of sp³-hybridized carbons (Fsp3) is 0.556. The van der Waals surface area contributed by atoms with Crippen molar-refractivity contribution < 1.29 is 0 Å². The Kier molecular flexibility index (Phi) is 3.72. The highest BCUT2D eigenvalue weighted by Crippen LogP contribution is 2.07. The second kappa shape index (κ2) is 4.60. The summed E-state index contributed by atoms with van der Waals surface area (Å²) in [6, 6.07) is 2.40. The second-order valence-corrected chi connectivity index (χ2v) is 4.14. The van der Waals surface area contributed by atoms with Crippen LogP contribution in [-0.2, 0) is 6.42 Å². The molecule has 68 valence electrons. The topological polar surface area (TPSA) is 29.3 Å². The standard InChI is InChI=1S/C9H16N2S/c1-11(2)6-9(10)5-8-3-4-12-7-8/h3-4,7,9H,5-6,10H2,1-2H3. The fourth-order valence-electron chi connectivity index (χ4n) is 1.25. The molecule has 0 saturated carbocycles. The molecule has 1 rings (SSSR count). The smallest absolute Gasteiger partial charge is 0.0208 e. The molecule has 1 aromatic rings. The Bertz CT molecular complexity index is 206. The van der Waals surface area contributed by atoms with Crippen molar-refractivity contribution in [1.29, 1.82) is 0 Å². The van der Waals surface area contributed by atoms with E-state index >= 15 is 0 Å². The number of hydrogen-bond acceptors (Lipinski definition) is 3. The number of rotatable bonds is 4. The quantitative estimate of drug-likeness (QED) is 0.761. The maximum atomic E-state index is 5.93. The highest BCUT2D eigenvalue weighted by atomic mass is 32.1. The molecule has 0 saturated heterocycles. The lowest BCUT2D eigenvalue weighted by molar-refractivity contribution is 0.371. The van der Waals surface area contributed by atoms with Crippen molar-refractivity contribution in [2.75, 3.05) is 20.6 Å². The van der Waals surface area contributed by atoms with Gasteiger partial charge in [-0.2, -0.15) is 11.3 Å². The summed E-state index contributed by atoms with van der Waals surface area (Å²) < 4.78 is 0. The zero-order valence-electron chi connectivity index (χ0n) is 7.66. The molecular formula is C9H16N2S. The van der Waals surface area contributed by atoms with Crippen LogP contribution in [0.3, 0.4) is 0 Å². The highest BCUT2D eigenvalue weighted by Gasteiger charge is 2.04. The van der Waals surface area contributed by atoms with Gasteiger partial charge in [-0.25, -0.2) is 0 Å². The predicted octanol–water partition coefficient (Wildman–Crippen LogP) is 1.18. The van der Waals surface area contributed by atoms with E-state index < -0.39 is 0 Å². The Morgan fingerprint density at radius 1 is 1.58 bits per heavy atom. The normalized spacial score (nSPS) is 13.7. The van der Waals surface area contributed by atoms with Gasteiger partial charge in [0.25, 0.3) is 0 Å². The van der Waals surface area contributed by atoms with E-state index in [2.05, 4.69) is 21.7 Å². The Labute approximate surface area is 78.0 Å². The Morgan fingerprint density at radius 2 is 2.33 bits per heavy atom. The Balaban J connectivity index is 2.32. The van der Waals surface area contributed by atoms with Crippen LogP contribution in [0, 0.1) is 0 Å². The number of nitrogens with two attached hydrogens (primary N) is 1. The van der Waals surface area contributed by atoms with Gasteiger partial charge in [-0.3, -0.25) is 0 Å². The van der Waals surface area contributed by atoms with Gasteiger partial charge in [0.1, 0.15) is 0 Å². The van der Waals surface area contributed by atoms with E-state index in [1.165, 1.54) is 5.56 Å².